The fourth-order valence-electron chi connectivity index (χ4n) is 6.31. The Morgan fingerprint density at radius 3 is 2.43 bits per heavy atom. The van der Waals surface area contributed by atoms with Gasteiger partial charge in [0.05, 0.1) is 17.1 Å². The number of halogens is 3. The average molecular weight is 494 g/mol. The lowest BCUT2D eigenvalue weighted by molar-refractivity contribution is -0.139. The summed E-state index contributed by atoms with van der Waals surface area (Å²) >= 11 is 0. The van der Waals surface area contributed by atoms with Crippen LogP contribution in [-0.2, 0) is 15.8 Å². The van der Waals surface area contributed by atoms with E-state index in [1.54, 1.807) is 11.0 Å². The third-order valence-corrected chi connectivity index (χ3v) is 8.62. The Balaban J connectivity index is 1.35. The van der Waals surface area contributed by atoms with Gasteiger partial charge in [0.15, 0.2) is 0 Å². The number of aliphatic hydroxyl groups excluding tert-OH is 1. The van der Waals surface area contributed by atoms with E-state index in [0.29, 0.717) is 45.2 Å². The van der Waals surface area contributed by atoms with Crippen LogP contribution in [0.2, 0.25) is 0 Å². The van der Waals surface area contributed by atoms with Gasteiger partial charge < -0.3 is 20.2 Å². The highest BCUT2D eigenvalue weighted by Crippen LogP contribution is 2.46. The summed E-state index contributed by atoms with van der Waals surface area (Å²) in [5, 5.41) is 12.5. The van der Waals surface area contributed by atoms with Crippen LogP contribution in [0.1, 0.15) is 69.8 Å². The summed E-state index contributed by atoms with van der Waals surface area (Å²) in [7, 11) is 0. The highest BCUT2D eigenvalue weighted by Gasteiger charge is 2.51. The molecular formula is C26H34F3N3O3. The number of nitrogens with zero attached hydrogens (tertiary/aromatic N) is 2. The van der Waals surface area contributed by atoms with Gasteiger partial charge in [-0.25, -0.2) is 0 Å². The molecule has 2 saturated heterocycles. The zero-order valence-electron chi connectivity index (χ0n) is 19.9. The van der Waals surface area contributed by atoms with E-state index in [4.69, 9.17) is 0 Å². The van der Waals surface area contributed by atoms with Crippen LogP contribution in [-0.4, -0.2) is 53.6 Å². The van der Waals surface area contributed by atoms with Crippen LogP contribution in [0.4, 0.5) is 24.5 Å². The van der Waals surface area contributed by atoms with Gasteiger partial charge in [0.1, 0.15) is 0 Å². The molecule has 1 aromatic carbocycles. The summed E-state index contributed by atoms with van der Waals surface area (Å²) in [5.74, 6) is -0.280. The molecule has 4 aliphatic rings. The van der Waals surface area contributed by atoms with E-state index >= 15 is 0 Å². The SMILES string of the molecule is O=C(Nc1ccc(N2CCCC3(CCN([C@H]4CC[C@H](O)CC4)C3=O)C2)c(C(F)(F)F)c1)C1CCC1. The van der Waals surface area contributed by atoms with E-state index in [1.807, 2.05) is 4.90 Å². The normalized spacial score (nSPS) is 30.0. The Bertz CT molecular complexity index is 972. The first-order valence-corrected chi connectivity index (χ1v) is 12.9. The molecule has 1 aromatic rings. The Morgan fingerprint density at radius 2 is 1.77 bits per heavy atom. The van der Waals surface area contributed by atoms with Gasteiger partial charge in [0.2, 0.25) is 11.8 Å². The largest absolute Gasteiger partial charge is 0.418 e. The van der Waals surface area contributed by atoms with Crippen molar-refractivity contribution in [3.63, 3.8) is 0 Å². The molecule has 6 nitrogen and oxygen atoms in total. The molecule has 2 aliphatic heterocycles. The van der Waals surface area contributed by atoms with Crippen LogP contribution < -0.4 is 10.2 Å². The lowest BCUT2D eigenvalue weighted by atomic mass is 9.78. The van der Waals surface area contributed by atoms with E-state index in [0.717, 1.165) is 38.2 Å². The van der Waals surface area contributed by atoms with Gasteiger partial charge in [0, 0.05) is 43.0 Å². The van der Waals surface area contributed by atoms with Crippen molar-refractivity contribution < 1.29 is 27.9 Å². The second kappa shape index (κ2) is 9.30. The topological polar surface area (TPSA) is 72.9 Å². The number of benzene rings is 1. The van der Waals surface area contributed by atoms with Crippen LogP contribution in [0.25, 0.3) is 0 Å². The second-order valence-electron chi connectivity index (χ2n) is 10.9. The molecule has 5 rings (SSSR count). The minimum absolute atomic E-state index is 0.0570. The standard InChI is InChI=1S/C26H34F3N3O3/c27-26(28,29)21-15-18(30-23(34)17-3-1-4-17)5-10-22(21)31-13-2-11-25(16-31)12-14-32(24(25)35)19-6-8-20(33)9-7-19/h5,10,15,17,19-20,33H,1-4,6-9,11-14,16H2,(H,30,34)/t19-,20-,25?. The molecule has 9 heteroatoms. The number of aliphatic hydroxyl groups is 1. The van der Waals surface area contributed by atoms with Gasteiger partial charge in [-0.15, -0.1) is 0 Å². The quantitative estimate of drug-likeness (QED) is 0.645. The molecule has 35 heavy (non-hydrogen) atoms. The molecule has 0 aromatic heterocycles. The van der Waals surface area contributed by atoms with Crippen molar-refractivity contribution in [2.75, 3.05) is 29.9 Å². The number of carbonyl (C=O) groups excluding carboxylic acids is 2. The fraction of sp³-hybridized carbons (Fsp3) is 0.692. The summed E-state index contributed by atoms with van der Waals surface area (Å²) in [5.41, 5.74) is -1.20. The number of alkyl halides is 3. The summed E-state index contributed by atoms with van der Waals surface area (Å²) < 4.78 is 42.3. The molecule has 2 saturated carbocycles. The van der Waals surface area contributed by atoms with E-state index in [9.17, 15) is 27.9 Å². The van der Waals surface area contributed by atoms with E-state index in [1.165, 1.54) is 6.07 Å². The van der Waals surface area contributed by atoms with Crippen LogP contribution >= 0.6 is 0 Å². The molecular weight excluding hydrogens is 459 g/mol. The lowest BCUT2D eigenvalue weighted by Gasteiger charge is -2.42. The number of amides is 2. The van der Waals surface area contributed by atoms with Crippen molar-refractivity contribution in [1.82, 2.24) is 4.90 Å². The van der Waals surface area contributed by atoms with Crippen molar-refractivity contribution >= 4 is 23.2 Å². The maximum absolute atomic E-state index is 14.1. The number of hydrogen-bond donors (Lipinski definition) is 2. The molecule has 1 atom stereocenters. The third-order valence-electron chi connectivity index (χ3n) is 8.62. The van der Waals surface area contributed by atoms with E-state index in [-0.39, 0.29) is 47.8 Å². The van der Waals surface area contributed by atoms with Gasteiger partial charge in [0.25, 0.3) is 0 Å². The molecule has 0 radical (unpaired) electrons. The average Bonchev–Trinajstić information content (AvgIpc) is 3.08. The minimum atomic E-state index is -4.58. The van der Waals surface area contributed by atoms with Gasteiger partial charge in [-0.2, -0.15) is 13.2 Å². The number of anilines is 2. The fourth-order valence-corrected chi connectivity index (χ4v) is 6.31. The van der Waals surface area contributed by atoms with Gasteiger partial charge in [-0.3, -0.25) is 9.59 Å². The maximum Gasteiger partial charge on any atom is 0.418 e. The summed E-state index contributed by atoms with van der Waals surface area (Å²) in [6, 6.07) is 4.13. The van der Waals surface area contributed by atoms with E-state index in [2.05, 4.69) is 5.32 Å². The van der Waals surface area contributed by atoms with Crippen molar-refractivity contribution in [2.24, 2.45) is 11.3 Å². The number of nitrogens with one attached hydrogen (secondary N) is 1. The molecule has 0 bridgehead atoms. The van der Waals surface area contributed by atoms with Gasteiger partial charge in [-0.05, 0) is 76.0 Å². The molecule has 2 aliphatic carbocycles. The monoisotopic (exact) mass is 493 g/mol. The number of hydrogen-bond acceptors (Lipinski definition) is 4. The molecule has 192 valence electrons. The smallest absolute Gasteiger partial charge is 0.393 e. The molecule has 2 N–H and O–H groups in total. The first kappa shape index (κ1) is 24.4. The highest BCUT2D eigenvalue weighted by molar-refractivity contribution is 5.93. The number of rotatable bonds is 4. The predicted octanol–water partition coefficient (Wildman–Crippen LogP) is 4.57. The zero-order valence-corrected chi connectivity index (χ0v) is 19.9. The van der Waals surface area contributed by atoms with E-state index < -0.39 is 17.2 Å². The first-order valence-electron chi connectivity index (χ1n) is 12.9. The number of piperidine rings is 1. The number of carbonyl (C=O) groups is 2. The van der Waals surface area contributed by atoms with Gasteiger partial charge in [-0.1, -0.05) is 6.42 Å². The molecule has 1 unspecified atom stereocenters. The maximum atomic E-state index is 14.1. The Labute approximate surface area is 203 Å². The van der Waals surface area contributed by atoms with Gasteiger partial charge >= 0.3 is 6.18 Å². The molecule has 4 fully saturated rings. The van der Waals surface area contributed by atoms with Crippen LogP contribution in [0.3, 0.4) is 0 Å². The Hall–Kier alpha value is -2.29. The Kier molecular flexibility index (Phi) is 6.48. The van der Waals surface area contributed by atoms with Crippen LogP contribution in [0, 0.1) is 11.3 Å². The minimum Gasteiger partial charge on any atom is -0.393 e. The highest BCUT2D eigenvalue weighted by atomic mass is 19.4. The van der Waals surface area contributed by atoms with Crippen LogP contribution in [0.15, 0.2) is 18.2 Å². The lowest BCUT2D eigenvalue weighted by Crippen LogP contribution is -2.50. The Morgan fingerprint density at radius 1 is 1.03 bits per heavy atom. The summed E-state index contributed by atoms with van der Waals surface area (Å²) in [6.45, 7) is 1.36. The van der Waals surface area contributed by atoms with Crippen LogP contribution in [0.5, 0.6) is 0 Å². The van der Waals surface area contributed by atoms with Crippen molar-refractivity contribution in [1.29, 1.82) is 0 Å². The summed E-state index contributed by atoms with van der Waals surface area (Å²) in [6.07, 6.45) is 2.56. The first-order chi connectivity index (χ1) is 16.7. The zero-order chi connectivity index (χ0) is 24.8. The molecule has 1 spiro atoms. The number of likely N-dealkylation sites (tertiary alicyclic amines) is 1. The molecule has 2 heterocycles. The third kappa shape index (κ3) is 4.76. The van der Waals surface area contributed by atoms with Crippen molar-refractivity contribution in [3.05, 3.63) is 23.8 Å². The summed E-state index contributed by atoms with van der Waals surface area (Å²) in [4.78, 5) is 29.5. The molecule has 2 amide bonds. The van der Waals surface area contributed by atoms with Crippen molar-refractivity contribution in [3.8, 4) is 0 Å². The van der Waals surface area contributed by atoms with Crippen molar-refractivity contribution in [2.45, 2.75) is 82.5 Å². The second-order valence-corrected chi connectivity index (χ2v) is 10.9. The predicted molar refractivity (Wildman–Crippen MR) is 126 cm³/mol.